The van der Waals surface area contributed by atoms with E-state index < -0.39 is 46.6 Å². The lowest BCUT2D eigenvalue weighted by atomic mass is 9.73. The predicted octanol–water partition coefficient (Wildman–Crippen LogP) is 3.11. The molecular weight excluding hydrogens is 458 g/mol. The quantitative estimate of drug-likeness (QED) is 0.311. The van der Waals surface area contributed by atoms with Crippen molar-refractivity contribution in [3.8, 4) is 11.4 Å². The van der Waals surface area contributed by atoms with Crippen LogP contribution in [0.3, 0.4) is 0 Å². The lowest BCUT2D eigenvalue weighted by Crippen LogP contribution is -2.46. The van der Waals surface area contributed by atoms with Gasteiger partial charge >= 0.3 is 11.4 Å². The van der Waals surface area contributed by atoms with Gasteiger partial charge in [-0.1, -0.05) is 66.7 Å². The van der Waals surface area contributed by atoms with Gasteiger partial charge in [-0.05, 0) is 37.6 Å². The summed E-state index contributed by atoms with van der Waals surface area (Å²) in [5, 5.41) is 0. The van der Waals surface area contributed by atoms with E-state index in [9.17, 15) is 24.0 Å². The van der Waals surface area contributed by atoms with Crippen molar-refractivity contribution in [2.45, 2.75) is 25.8 Å². The number of nitrogens with zero attached hydrogens (tertiary/aromatic N) is 3. The van der Waals surface area contributed by atoms with E-state index in [1.807, 2.05) is 0 Å². The maximum absolute atomic E-state index is 14.0. The fraction of sp³-hybridized carbons (Fsp3) is 0.179. The molecule has 0 radical (unpaired) electrons. The number of aromatic nitrogens is 3. The number of Topliss-reactive ketones (excluding diaryl/α,β-unsaturated/α-hetero) is 3. The van der Waals surface area contributed by atoms with Crippen molar-refractivity contribution < 1.29 is 14.4 Å². The lowest BCUT2D eigenvalue weighted by Gasteiger charge is -2.37. The van der Waals surface area contributed by atoms with E-state index in [4.69, 9.17) is 0 Å². The number of hydrogen-bond donors (Lipinski definition) is 0. The van der Waals surface area contributed by atoms with Crippen LogP contribution in [0.1, 0.15) is 41.7 Å². The molecule has 8 nitrogen and oxygen atoms in total. The minimum Gasteiger partial charge on any atom is -0.299 e. The Bertz CT molecular complexity index is 1600. The molecule has 0 amide bonds. The topological polar surface area (TPSA) is 100 Å². The highest BCUT2D eigenvalue weighted by atomic mass is 16.2. The van der Waals surface area contributed by atoms with E-state index in [1.165, 1.54) is 18.5 Å². The Kier molecular flexibility index (Phi) is 5.72. The summed E-state index contributed by atoms with van der Waals surface area (Å²) in [6.45, 7) is 2.61. The summed E-state index contributed by atoms with van der Waals surface area (Å²) in [4.78, 5) is 67.2. The highest BCUT2D eigenvalue weighted by Gasteiger charge is 2.47. The molecule has 2 heterocycles. The fourth-order valence-corrected chi connectivity index (χ4v) is 5.20. The number of carbonyl (C=O) groups is 3. The first-order chi connectivity index (χ1) is 17.3. The SMILES string of the molecule is CC(=O)C(C(C)=O)C1c2ccccc2-n2c(=O)n(-c3ccccc3)c(=O)n2C1C(=O)c1ccccc1. The van der Waals surface area contributed by atoms with Crippen LogP contribution in [0.5, 0.6) is 0 Å². The summed E-state index contributed by atoms with van der Waals surface area (Å²) in [5.74, 6) is -3.46. The third kappa shape index (κ3) is 3.50. The zero-order valence-corrected chi connectivity index (χ0v) is 19.7. The fourth-order valence-electron chi connectivity index (χ4n) is 5.20. The lowest BCUT2D eigenvalue weighted by molar-refractivity contribution is -0.131. The molecule has 2 unspecified atom stereocenters. The number of carbonyl (C=O) groups excluding carboxylic acids is 3. The molecule has 1 aliphatic rings. The van der Waals surface area contributed by atoms with E-state index in [1.54, 1.807) is 84.9 Å². The molecule has 1 aromatic heterocycles. The van der Waals surface area contributed by atoms with Gasteiger partial charge in [-0.25, -0.2) is 18.8 Å². The van der Waals surface area contributed by atoms with Gasteiger partial charge in [-0.15, -0.1) is 0 Å². The summed E-state index contributed by atoms with van der Waals surface area (Å²) >= 11 is 0. The van der Waals surface area contributed by atoms with Crippen LogP contribution in [0.15, 0.2) is 94.5 Å². The van der Waals surface area contributed by atoms with Gasteiger partial charge < -0.3 is 0 Å². The molecule has 0 aliphatic carbocycles. The normalized spacial score (nSPS) is 16.3. The van der Waals surface area contributed by atoms with E-state index in [0.717, 1.165) is 9.25 Å². The monoisotopic (exact) mass is 481 g/mol. The van der Waals surface area contributed by atoms with Crippen molar-refractivity contribution in [1.29, 1.82) is 0 Å². The second-order valence-electron chi connectivity index (χ2n) is 8.85. The number of benzene rings is 3. The Morgan fingerprint density at radius 3 is 1.89 bits per heavy atom. The summed E-state index contributed by atoms with van der Waals surface area (Å²) in [6.07, 6.45) is 0. The average molecular weight is 482 g/mol. The number of para-hydroxylation sites is 2. The molecule has 0 bridgehead atoms. The minimum absolute atomic E-state index is 0.302. The van der Waals surface area contributed by atoms with Gasteiger partial charge in [0.2, 0.25) is 0 Å². The molecule has 36 heavy (non-hydrogen) atoms. The van der Waals surface area contributed by atoms with Crippen LogP contribution in [0, 0.1) is 5.92 Å². The minimum atomic E-state index is -1.30. The van der Waals surface area contributed by atoms with Crippen molar-refractivity contribution >= 4 is 17.3 Å². The smallest absolute Gasteiger partial charge is 0.299 e. The zero-order chi connectivity index (χ0) is 25.6. The van der Waals surface area contributed by atoms with E-state index in [-0.39, 0.29) is 0 Å². The van der Waals surface area contributed by atoms with Crippen LogP contribution in [0.4, 0.5) is 0 Å². The molecule has 0 saturated heterocycles. The highest BCUT2D eigenvalue weighted by molar-refractivity contribution is 6.05. The Balaban J connectivity index is 1.90. The first-order valence-corrected chi connectivity index (χ1v) is 11.5. The van der Waals surface area contributed by atoms with Gasteiger partial charge in [0, 0.05) is 11.5 Å². The number of hydrogen-bond acceptors (Lipinski definition) is 5. The average Bonchev–Trinajstić information content (AvgIpc) is 3.14. The molecular formula is C28H23N3O5. The first-order valence-electron chi connectivity index (χ1n) is 11.5. The second kappa shape index (κ2) is 8.88. The maximum Gasteiger partial charge on any atom is 0.356 e. The van der Waals surface area contributed by atoms with Gasteiger partial charge in [0.05, 0.1) is 17.3 Å². The summed E-state index contributed by atoms with van der Waals surface area (Å²) in [6, 6.07) is 22.2. The van der Waals surface area contributed by atoms with Crippen LogP contribution in [-0.4, -0.2) is 31.3 Å². The highest BCUT2D eigenvalue weighted by Crippen LogP contribution is 2.43. The molecule has 0 fully saturated rings. The van der Waals surface area contributed by atoms with Crippen LogP contribution in [0.25, 0.3) is 11.4 Å². The summed E-state index contributed by atoms with van der Waals surface area (Å²) in [5.41, 5.74) is 0.0991. The molecule has 0 spiro atoms. The zero-order valence-electron chi connectivity index (χ0n) is 19.7. The first kappa shape index (κ1) is 23.2. The molecule has 3 aromatic carbocycles. The van der Waals surface area contributed by atoms with Crippen molar-refractivity contribution in [2.24, 2.45) is 5.92 Å². The maximum atomic E-state index is 14.0. The Hall–Kier alpha value is -4.59. The largest absolute Gasteiger partial charge is 0.356 e. The van der Waals surface area contributed by atoms with Crippen molar-refractivity contribution in [3.05, 3.63) is 117 Å². The number of rotatable bonds is 6. The Morgan fingerprint density at radius 1 is 0.722 bits per heavy atom. The molecule has 5 rings (SSSR count). The molecule has 2 atom stereocenters. The number of ketones is 3. The molecule has 180 valence electrons. The van der Waals surface area contributed by atoms with Crippen LogP contribution in [-0.2, 0) is 9.59 Å². The van der Waals surface area contributed by atoms with E-state index >= 15 is 0 Å². The van der Waals surface area contributed by atoms with Crippen LogP contribution in [0.2, 0.25) is 0 Å². The summed E-state index contributed by atoms with van der Waals surface area (Å²) < 4.78 is 3.29. The summed E-state index contributed by atoms with van der Waals surface area (Å²) in [7, 11) is 0. The Morgan fingerprint density at radius 2 is 1.28 bits per heavy atom. The Labute approximate surface area is 206 Å². The van der Waals surface area contributed by atoms with Crippen molar-refractivity contribution in [3.63, 3.8) is 0 Å². The van der Waals surface area contributed by atoms with Gasteiger partial charge in [0.1, 0.15) is 17.6 Å². The van der Waals surface area contributed by atoms with Gasteiger partial charge in [0.15, 0.2) is 5.78 Å². The van der Waals surface area contributed by atoms with Gasteiger partial charge in [-0.3, -0.25) is 14.4 Å². The molecule has 8 heteroatoms. The van der Waals surface area contributed by atoms with Crippen molar-refractivity contribution in [2.75, 3.05) is 0 Å². The van der Waals surface area contributed by atoms with Gasteiger partial charge in [-0.2, -0.15) is 4.68 Å². The van der Waals surface area contributed by atoms with Gasteiger partial charge in [0.25, 0.3) is 0 Å². The molecule has 0 N–H and O–H groups in total. The number of fused-ring (bicyclic) bond motifs is 3. The van der Waals surface area contributed by atoms with Crippen LogP contribution < -0.4 is 11.4 Å². The molecule has 4 aromatic rings. The standard InChI is InChI=1S/C28H23N3O5/c1-17(32)23(18(2)33)24-21-15-9-10-16-22(21)30-27(35)29(20-13-7-4-8-14-20)28(36)31(30)25(24)26(34)19-11-5-3-6-12-19/h3-16,23-25H,1-2H3. The van der Waals surface area contributed by atoms with E-state index in [2.05, 4.69) is 0 Å². The third-order valence-corrected chi connectivity index (χ3v) is 6.68. The van der Waals surface area contributed by atoms with Crippen molar-refractivity contribution in [1.82, 2.24) is 13.9 Å². The van der Waals surface area contributed by atoms with E-state index in [0.29, 0.717) is 22.5 Å². The second-order valence-corrected chi connectivity index (χ2v) is 8.85. The molecule has 1 aliphatic heterocycles. The third-order valence-electron chi connectivity index (χ3n) is 6.68. The molecule has 0 saturated carbocycles. The van der Waals surface area contributed by atoms with Crippen LogP contribution >= 0.6 is 0 Å². The predicted molar refractivity (Wildman–Crippen MR) is 133 cm³/mol.